The first-order valence-corrected chi connectivity index (χ1v) is 10.0. The second-order valence-corrected chi connectivity index (χ2v) is 6.70. The molecule has 0 aromatic heterocycles. The summed E-state index contributed by atoms with van der Waals surface area (Å²) in [5, 5.41) is 0. The molecule has 0 saturated heterocycles. The van der Waals surface area contributed by atoms with Crippen LogP contribution in [0.25, 0.3) is 0 Å². The number of esters is 4. The van der Waals surface area contributed by atoms with Crippen molar-refractivity contribution in [2.75, 3.05) is 28.4 Å². The van der Waals surface area contributed by atoms with Crippen LogP contribution in [0.2, 0.25) is 0 Å². The second-order valence-electron chi connectivity index (χ2n) is 5.91. The van der Waals surface area contributed by atoms with Gasteiger partial charge in [0, 0.05) is 44.7 Å². The molecule has 30 heavy (non-hydrogen) atoms. The van der Waals surface area contributed by atoms with Crippen LogP contribution in [-0.4, -0.2) is 52.3 Å². The summed E-state index contributed by atoms with van der Waals surface area (Å²) in [6, 6.07) is 0. The van der Waals surface area contributed by atoms with Gasteiger partial charge in [-0.25, -0.2) is 0 Å². The first-order chi connectivity index (χ1) is 14.3. The van der Waals surface area contributed by atoms with E-state index in [4.69, 9.17) is 18.9 Å². The van der Waals surface area contributed by atoms with Crippen LogP contribution in [0.3, 0.4) is 0 Å². The zero-order valence-electron chi connectivity index (χ0n) is 17.0. The van der Waals surface area contributed by atoms with E-state index in [0.717, 1.165) is 28.4 Å². The Morgan fingerprint density at radius 2 is 0.933 bits per heavy atom. The smallest absolute Gasteiger partial charge is 0.324 e. The van der Waals surface area contributed by atoms with E-state index in [-0.39, 0.29) is 25.7 Å². The number of hydrogen-bond acceptors (Lipinski definition) is 8. The number of methoxy groups -OCH3 is 4. The molecule has 0 unspecified atom stereocenters. The number of ether oxygens (including phenoxy) is 4. The molecule has 0 aliphatic carbocycles. The lowest BCUT2D eigenvalue weighted by molar-refractivity contribution is -0.170. The van der Waals surface area contributed by atoms with Gasteiger partial charge in [0.05, 0.1) is 28.4 Å². The summed E-state index contributed by atoms with van der Waals surface area (Å²) in [4.78, 5) is 54.4. The van der Waals surface area contributed by atoms with E-state index in [1.54, 1.807) is 0 Å². The highest BCUT2D eigenvalue weighted by Gasteiger charge is 2.48. The molecular weight excluding hydrogens is 528 g/mol. The topological polar surface area (TPSA) is 105 Å². The molecule has 0 aliphatic rings. The highest BCUT2D eigenvalue weighted by atomic mass is 79.9. The fourth-order valence-electron chi connectivity index (χ4n) is 2.65. The molecule has 0 heterocycles. The monoisotopic (exact) mass is 548 g/mol. The molecule has 0 aromatic rings. The van der Waals surface area contributed by atoms with E-state index in [9.17, 15) is 19.2 Å². The number of carbonyl (C=O) groups is 4. The van der Waals surface area contributed by atoms with Crippen LogP contribution in [0.15, 0.2) is 12.2 Å². The summed E-state index contributed by atoms with van der Waals surface area (Å²) < 4.78 is 19.1. The lowest BCUT2D eigenvalue weighted by Crippen LogP contribution is -2.41. The predicted molar refractivity (Wildman–Crippen MR) is 114 cm³/mol. The molecule has 0 radical (unpaired) electrons. The molecule has 8 nitrogen and oxygen atoms in total. The molecule has 0 spiro atoms. The van der Waals surface area contributed by atoms with Gasteiger partial charge in [0.1, 0.15) is 0 Å². The van der Waals surface area contributed by atoms with Gasteiger partial charge in [0.25, 0.3) is 0 Å². The van der Waals surface area contributed by atoms with Crippen molar-refractivity contribution in [3.63, 3.8) is 0 Å². The van der Waals surface area contributed by atoms with Gasteiger partial charge in [-0.05, 0) is 22.5 Å². The van der Waals surface area contributed by atoms with Gasteiger partial charge in [-0.3, -0.25) is 19.2 Å². The quantitative estimate of drug-likeness (QED) is 0.134. The van der Waals surface area contributed by atoms with Crippen molar-refractivity contribution < 1.29 is 38.1 Å². The van der Waals surface area contributed by atoms with Crippen LogP contribution < -0.4 is 0 Å². The molecule has 0 amide bonds. The number of carbonyl (C=O) groups excluding carboxylic acids is 4. The third-order valence-electron chi connectivity index (χ3n) is 4.32. The Morgan fingerprint density at radius 1 is 0.667 bits per heavy atom. The highest BCUT2D eigenvalue weighted by molar-refractivity contribution is 9.12. The normalized spacial score (nSPS) is 10.7. The summed E-state index contributed by atoms with van der Waals surface area (Å²) >= 11 is 5.84. The van der Waals surface area contributed by atoms with Crippen molar-refractivity contribution in [2.45, 2.75) is 25.7 Å². The highest BCUT2D eigenvalue weighted by Crippen LogP contribution is 2.33. The van der Waals surface area contributed by atoms with Gasteiger partial charge in [-0.2, -0.15) is 0 Å². The molecule has 164 valence electrons. The summed E-state index contributed by atoms with van der Waals surface area (Å²) in [6.07, 6.45) is 2.30. The van der Waals surface area contributed by atoms with Gasteiger partial charge in [-0.1, -0.05) is 24.0 Å². The van der Waals surface area contributed by atoms with E-state index in [1.165, 1.54) is 12.2 Å². The van der Waals surface area contributed by atoms with Crippen LogP contribution in [0.5, 0.6) is 0 Å². The fourth-order valence-corrected chi connectivity index (χ4v) is 2.93. The Hall–Kier alpha value is -2.30. The Labute approximate surface area is 192 Å². The zero-order chi connectivity index (χ0) is 23.2. The van der Waals surface area contributed by atoms with Gasteiger partial charge < -0.3 is 18.9 Å². The van der Waals surface area contributed by atoms with E-state index in [2.05, 4.69) is 53.4 Å². The average molecular weight is 550 g/mol. The zero-order valence-corrected chi connectivity index (χ0v) is 20.2. The summed E-state index contributed by atoms with van der Waals surface area (Å²) in [6.45, 7) is 0. The van der Waals surface area contributed by atoms with E-state index in [0.29, 0.717) is 0 Å². The Balaban J connectivity index is 6.00. The van der Waals surface area contributed by atoms with Crippen molar-refractivity contribution in [3.05, 3.63) is 12.2 Å². The Kier molecular flexibility index (Phi) is 12.8. The first-order valence-electron chi connectivity index (χ1n) is 8.42. The Bertz CT molecular complexity index is 697. The number of halogens is 2. The van der Waals surface area contributed by atoms with Crippen molar-refractivity contribution in [2.24, 2.45) is 10.8 Å². The van der Waals surface area contributed by atoms with Gasteiger partial charge >= 0.3 is 23.9 Å². The minimum absolute atomic E-state index is 0.142. The van der Waals surface area contributed by atoms with Crippen LogP contribution in [0.4, 0.5) is 0 Å². The van der Waals surface area contributed by atoms with Crippen molar-refractivity contribution in [3.8, 4) is 21.5 Å². The first kappa shape index (κ1) is 27.7. The molecule has 0 aromatic carbocycles. The second kappa shape index (κ2) is 13.8. The maximum Gasteiger partial charge on any atom is 0.324 e. The molecule has 0 N–H and O–H groups in total. The minimum atomic E-state index is -1.71. The maximum atomic E-state index is 12.4. The molecular formula is C20H22Br2O8. The van der Waals surface area contributed by atoms with Crippen LogP contribution >= 0.6 is 31.9 Å². The van der Waals surface area contributed by atoms with E-state index < -0.39 is 34.7 Å². The molecule has 0 rings (SSSR count). The predicted octanol–water partition coefficient (Wildman–Crippen LogP) is 2.48. The largest absolute Gasteiger partial charge is 0.468 e. The number of rotatable bonds is 10. The molecule has 0 saturated carbocycles. The maximum absolute atomic E-state index is 12.4. The van der Waals surface area contributed by atoms with Crippen LogP contribution in [0.1, 0.15) is 25.7 Å². The van der Waals surface area contributed by atoms with Crippen molar-refractivity contribution in [1.82, 2.24) is 0 Å². The Morgan fingerprint density at radius 3 is 1.13 bits per heavy atom. The van der Waals surface area contributed by atoms with Gasteiger partial charge in [0.2, 0.25) is 0 Å². The average Bonchev–Trinajstić information content (AvgIpc) is 2.78. The number of hydrogen-bond donors (Lipinski definition) is 0. The molecule has 0 fully saturated rings. The lowest BCUT2D eigenvalue weighted by Gasteiger charge is -2.26. The third-order valence-corrected chi connectivity index (χ3v) is 4.88. The standard InChI is InChI=1S/C20H22Br2O8/c1-27-15(23)19(11-7-13-21,16(24)28-2)9-5-6-10-20(12-8-14-22,17(25)29-3)18(26)30-4/h5-6H,9-12H2,1-4H3/b6-5+. The molecule has 0 atom stereocenters. The summed E-state index contributed by atoms with van der Waals surface area (Å²) in [7, 11) is 4.57. The van der Waals surface area contributed by atoms with Gasteiger partial charge in [-0.15, -0.1) is 0 Å². The van der Waals surface area contributed by atoms with Gasteiger partial charge in [0.15, 0.2) is 10.8 Å². The number of allylic oxidation sites excluding steroid dienone is 2. The van der Waals surface area contributed by atoms with Crippen LogP contribution in [0, 0.1) is 32.3 Å². The third kappa shape index (κ3) is 6.61. The summed E-state index contributed by atoms with van der Waals surface area (Å²) in [5.41, 5.74) is -3.43. The van der Waals surface area contributed by atoms with E-state index in [1.807, 2.05) is 0 Å². The fraction of sp³-hybridized carbons (Fsp3) is 0.500. The molecule has 0 aliphatic heterocycles. The van der Waals surface area contributed by atoms with Crippen LogP contribution in [-0.2, 0) is 38.1 Å². The summed E-state index contributed by atoms with van der Waals surface area (Å²) in [5.74, 6) is 1.93. The van der Waals surface area contributed by atoms with Crippen molar-refractivity contribution >= 4 is 55.7 Å². The molecule has 0 bridgehead atoms. The SMILES string of the molecule is COC(=O)C(CC#CBr)(C/C=C/CC(CC#CBr)(C(=O)OC)C(=O)OC)C(=O)OC. The lowest BCUT2D eigenvalue weighted by atomic mass is 9.79. The van der Waals surface area contributed by atoms with Crippen molar-refractivity contribution in [1.29, 1.82) is 0 Å². The minimum Gasteiger partial charge on any atom is -0.468 e. The van der Waals surface area contributed by atoms with E-state index >= 15 is 0 Å². The molecule has 10 heteroatoms.